The molecule has 0 aliphatic rings. The van der Waals surface area contributed by atoms with Crippen molar-refractivity contribution in [1.82, 2.24) is 10.6 Å². The third-order valence-electron chi connectivity index (χ3n) is 3.81. The molecule has 0 amide bonds. The maximum absolute atomic E-state index is 11.1. The molecule has 0 saturated heterocycles. The van der Waals surface area contributed by atoms with Crippen molar-refractivity contribution in [3.8, 4) is 5.75 Å². The standard InChI is InChI=1S/C18H21ClN4O3/c1-20-18(22-12-14-5-3-4-6-17(14)23(24)25)21-10-9-13-7-8-15(26-2)11-16(13)19/h3-8,11H,9-10,12H2,1-2H3,(H2,20,21,22). The number of halogens is 1. The van der Waals surface area contributed by atoms with Gasteiger partial charge in [0.2, 0.25) is 0 Å². The molecule has 2 aromatic carbocycles. The van der Waals surface area contributed by atoms with Crippen LogP contribution in [0.4, 0.5) is 5.69 Å². The smallest absolute Gasteiger partial charge is 0.274 e. The second-order valence-electron chi connectivity index (χ2n) is 5.45. The molecular formula is C18H21ClN4O3. The molecule has 7 nitrogen and oxygen atoms in total. The SMILES string of the molecule is CN=C(NCCc1ccc(OC)cc1Cl)NCc1ccccc1[N+](=O)[O-]. The highest BCUT2D eigenvalue weighted by Crippen LogP contribution is 2.22. The summed E-state index contributed by atoms with van der Waals surface area (Å²) >= 11 is 6.23. The molecule has 0 bridgehead atoms. The average Bonchev–Trinajstić information content (AvgIpc) is 2.65. The van der Waals surface area contributed by atoms with Gasteiger partial charge in [-0.15, -0.1) is 0 Å². The summed E-state index contributed by atoms with van der Waals surface area (Å²) in [5.41, 5.74) is 1.67. The number of hydrogen-bond donors (Lipinski definition) is 2. The van der Waals surface area contributed by atoms with Gasteiger partial charge in [0, 0.05) is 36.8 Å². The number of methoxy groups -OCH3 is 1. The second-order valence-corrected chi connectivity index (χ2v) is 5.85. The summed E-state index contributed by atoms with van der Waals surface area (Å²) < 4.78 is 5.13. The van der Waals surface area contributed by atoms with Crippen LogP contribution in [0.15, 0.2) is 47.5 Å². The predicted molar refractivity (Wildman–Crippen MR) is 103 cm³/mol. The minimum Gasteiger partial charge on any atom is -0.497 e. The van der Waals surface area contributed by atoms with Crippen LogP contribution in [-0.2, 0) is 13.0 Å². The van der Waals surface area contributed by atoms with Crippen molar-refractivity contribution in [2.24, 2.45) is 4.99 Å². The Morgan fingerprint density at radius 1 is 1.23 bits per heavy atom. The predicted octanol–water partition coefficient (Wildman–Crippen LogP) is 3.16. The van der Waals surface area contributed by atoms with Gasteiger partial charge in [-0.25, -0.2) is 0 Å². The lowest BCUT2D eigenvalue weighted by Crippen LogP contribution is -2.38. The summed E-state index contributed by atoms with van der Waals surface area (Å²) in [7, 11) is 3.24. The molecule has 2 rings (SSSR count). The van der Waals surface area contributed by atoms with Crippen molar-refractivity contribution in [2.45, 2.75) is 13.0 Å². The Bertz CT molecular complexity index is 796. The van der Waals surface area contributed by atoms with Gasteiger partial charge in [-0.05, 0) is 24.1 Å². The lowest BCUT2D eigenvalue weighted by Gasteiger charge is -2.13. The van der Waals surface area contributed by atoms with Crippen LogP contribution in [-0.4, -0.2) is 31.6 Å². The number of nitrogens with zero attached hydrogens (tertiary/aromatic N) is 2. The van der Waals surface area contributed by atoms with Crippen LogP contribution in [0.25, 0.3) is 0 Å². The summed E-state index contributed by atoms with van der Waals surface area (Å²) in [6, 6.07) is 12.2. The molecule has 0 aromatic heterocycles. The number of rotatable bonds is 7. The van der Waals surface area contributed by atoms with Gasteiger partial charge in [0.25, 0.3) is 5.69 Å². The van der Waals surface area contributed by atoms with E-state index in [2.05, 4.69) is 15.6 Å². The van der Waals surface area contributed by atoms with Gasteiger partial charge >= 0.3 is 0 Å². The number of ether oxygens (including phenoxy) is 1. The molecule has 0 spiro atoms. The summed E-state index contributed by atoms with van der Waals surface area (Å²) in [4.78, 5) is 14.8. The Labute approximate surface area is 157 Å². The van der Waals surface area contributed by atoms with E-state index in [0.29, 0.717) is 41.8 Å². The fourth-order valence-electron chi connectivity index (χ4n) is 2.41. The molecule has 0 aliphatic carbocycles. The Hall–Kier alpha value is -2.80. The van der Waals surface area contributed by atoms with Crippen LogP contribution in [0.3, 0.4) is 0 Å². The molecule has 0 aliphatic heterocycles. The molecule has 0 saturated carbocycles. The number of hydrogen-bond acceptors (Lipinski definition) is 4. The molecule has 0 unspecified atom stereocenters. The lowest BCUT2D eigenvalue weighted by atomic mass is 10.1. The molecular weight excluding hydrogens is 356 g/mol. The van der Waals surface area contributed by atoms with Gasteiger partial charge in [0.1, 0.15) is 5.75 Å². The molecule has 138 valence electrons. The maximum atomic E-state index is 11.1. The van der Waals surface area contributed by atoms with Gasteiger partial charge in [0.15, 0.2) is 5.96 Å². The fourth-order valence-corrected chi connectivity index (χ4v) is 2.68. The van der Waals surface area contributed by atoms with Gasteiger partial charge in [0.05, 0.1) is 12.0 Å². The summed E-state index contributed by atoms with van der Waals surface area (Å²) in [5.74, 6) is 1.28. The highest BCUT2D eigenvalue weighted by atomic mass is 35.5. The number of aliphatic imine (C=N–C) groups is 1. The highest BCUT2D eigenvalue weighted by Gasteiger charge is 2.12. The zero-order valence-electron chi connectivity index (χ0n) is 14.7. The molecule has 0 atom stereocenters. The normalized spacial score (nSPS) is 11.1. The molecule has 0 heterocycles. The molecule has 2 aromatic rings. The van der Waals surface area contributed by atoms with Crippen molar-refractivity contribution in [2.75, 3.05) is 20.7 Å². The topological polar surface area (TPSA) is 88.8 Å². The molecule has 26 heavy (non-hydrogen) atoms. The fraction of sp³-hybridized carbons (Fsp3) is 0.278. The van der Waals surface area contributed by atoms with Gasteiger partial charge in [-0.1, -0.05) is 35.9 Å². The van der Waals surface area contributed by atoms with Gasteiger partial charge < -0.3 is 15.4 Å². The van der Waals surface area contributed by atoms with Crippen molar-refractivity contribution in [1.29, 1.82) is 0 Å². The van der Waals surface area contributed by atoms with Crippen LogP contribution in [0.2, 0.25) is 5.02 Å². The van der Waals surface area contributed by atoms with Crippen LogP contribution in [0, 0.1) is 10.1 Å². The monoisotopic (exact) mass is 376 g/mol. The van der Waals surface area contributed by atoms with Crippen molar-refractivity contribution in [3.05, 3.63) is 68.7 Å². The van der Waals surface area contributed by atoms with Gasteiger partial charge in [-0.2, -0.15) is 0 Å². The molecule has 2 N–H and O–H groups in total. The number of nitrogens with one attached hydrogen (secondary N) is 2. The largest absolute Gasteiger partial charge is 0.497 e. The van der Waals surface area contributed by atoms with E-state index in [0.717, 1.165) is 5.56 Å². The van der Waals surface area contributed by atoms with E-state index in [1.165, 1.54) is 6.07 Å². The summed E-state index contributed by atoms with van der Waals surface area (Å²) in [6.45, 7) is 0.919. The molecule has 0 fully saturated rings. The van der Waals surface area contributed by atoms with E-state index < -0.39 is 4.92 Å². The maximum Gasteiger partial charge on any atom is 0.274 e. The Morgan fingerprint density at radius 2 is 2.00 bits per heavy atom. The Morgan fingerprint density at radius 3 is 2.65 bits per heavy atom. The lowest BCUT2D eigenvalue weighted by molar-refractivity contribution is -0.385. The van der Waals surface area contributed by atoms with E-state index in [1.807, 2.05) is 12.1 Å². The zero-order valence-corrected chi connectivity index (χ0v) is 15.4. The molecule has 8 heteroatoms. The quantitative estimate of drug-likeness (QED) is 0.335. The highest BCUT2D eigenvalue weighted by molar-refractivity contribution is 6.31. The first-order valence-corrected chi connectivity index (χ1v) is 8.42. The summed E-state index contributed by atoms with van der Waals surface area (Å²) in [5, 5.41) is 18.0. The van der Waals surface area contributed by atoms with E-state index in [4.69, 9.17) is 16.3 Å². The van der Waals surface area contributed by atoms with Crippen LogP contribution in [0.1, 0.15) is 11.1 Å². The van der Waals surface area contributed by atoms with E-state index in [9.17, 15) is 10.1 Å². The Kier molecular flexibility index (Phi) is 7.23. The third-order valence-corrected chi connectivity index (χ3v) is 4.16. The number of benzene rings is 2. The van der Waals surface area contributed by atoms with Crippen molar-refractivity contribution < 1.29 is 9.66 Å². The van der Waals surface area contributed by atoms with Crippen LogP contribution < -0.4 is 15.4 Å². The first-order chi connectivity index (χ1) is 12.5. The number of para-hydroxylation sites is 1. The minimum atomic E-state index is -0.390. The van der Waals surface area contributed by atoms with E-state index >= 15 is 0 Å². The Balaban J connectivity index is 1.88. The zero-order chi connectivity index (χ0) is 18.9. The minimum absolute atomic E-state index is 0.0838. The third kappa shape index (κ3) is 5.35. The number of nitro groups is 1. The number of nitro benzene ring substituents is 1. The second kappa shape index (κ2) is 9.62. The van der Waals surface area contributed by atoms with Gasteiger partial charge in [-0.3, -0.25) is 15.1 Å². The number of guanidine groups is 1. The van der Waals surface area contributed by atoms with Crippen LogP contribution in [0.5, 0.6) is 5.75 Å². The first kappa shape index (κ1) is 19.5. The first-order valence-electron chi connectivity index (χ1n) is 8.04. The van der Waals surface area contributed by atoms with Crippen LogP contribution >= 0.6 is 11.6 Å². The molecule has 0 radical (unpaired) electrons. The van der Waals surface area contributed by atoms with E-state index in [-0.39, 0.29) is 5.69 Å². The van der Waals surface area contributed by atoms with Crippen molar-refractivity contribution >= 4 is 23.2 Å². The average molecular weight is 377 g/mol. The van der Waals surface area contributed by atoms with Crippen molar-refractivity contribution in [3.63, 3.8) is 0 Å². The summed E-state index contributed by atoms with van der Waals surface area (Å²) in [6.07, 6.45) is 0.703. The van der Waals surface area contributed by atoms with E-state index in [1.54, 1.807) is 38.4 Å².